The van der Waals surface area contributed by atoms with Gasteiger partial charge >= 0.3 is 5.97 Å². The number of hydrogen-bond donors (Lipinski definition) is 7. The predicted octanol–water partition coefficient (Wildman–Crippen LogP) is -0.638. The zero-order valence-electron chi connectivity index (χ0n) is 21.4. The smallest absolute Gasteiger partial charge is 0.326 e. The molecule has 0 aromatic carbocycles. The number of aliphatic carboxylic acids is 1. The third-order valence-electron chi connectivity index (χ3n) is 5.16. The predicted molar refractivity (Wildman–Crippen MR) is 139 cm³/mol. The molecule has 0 fully saturated rings. The molecular formula is C22H43N7O5S. The number of carboxylic acids is 1. The van der Waals surface area contributed by atoms with E-state index in [1.807, 2.05) is 20.1 Å². The number of thioether (sulfide) groups is 1. The molecule has 35 heavy (non-hydrogen) atoms. The van der Waals surface area contributed by atoms with E-state index < -0.39 is 47.9 Å². The van der Waals surface area contributed by atoms with Crippen LogP contribution in [0.15, 0.2) is 4.99 Å². The van der Waals surface area contributed by atoms with Crippen molar-refractivity contribution < 1.29 is 24.3 Å². The molecule has 0 aromatic heterocycles. The molecule has 0 radical (unpaired) electrons. The van der Waals surface area contributed by atoms with Crippen molar-refractivity contribution in [3.05, 3.63) is 0 Å². The number of carbonyl (C=O) groups excluding carboxylic acids is 3. The lowest BCUT2D eigenvalue weighted by atomic mass is 10.0. The largest absolute Gasteiger partial charge is 0.480 e. The second-order valence-corrected chi connectivity index (χ2v) is 10.1. The molecule has 0 saturated carbocycles. The molecule has 0 aliphatic carbocycles. The van der Waals surface area contributed by atoms with Gasteiger partial charge in [-0.1, -0.05) is 27.7 Å². The number of amides is 3. The molecule has 3 amide bonds. The number of nitrogens with zero attached hydrogens (tertiary/aromatic N) is 1. The first-order valence-corrected chi connectivity index (χ1v) is 13.1. The lowest BCUT2D eigenvalue weighted by Crippen LogP contribution is -2.57. The Kier molecular flexibility index (Phi) is 15.7. The molecule has 10 N–H and O–H groups in total. The maximum Gasteiger partial charge on any atom is 0.326 e. The summed E-state index contributed by atoms with van der Waals surface area (Å²) in [6.07, 6.45) is 2.97. The molecule has 0 aromatic rings. The minimum atomic E-state index is -1.20. The van der Waals surface area contributed by atoms with Crippen LogP contribution >= 0.6 is 11.8 Å². The maximum atomic E-state index is 13.1. The average Bonchev–Trinajstić information content (AvgIpc) is 2.76. The summed E-state index contributed by atoms with van der Waals surface area (Å²) in [7, 11) is 0. The summed E-state index contributed by atoms with van der Waals surface area (Å²) in [6, 6.07) is -3.80. The van der Waals surface area contributed by atoms with Crippen LogP contribution in [0.5, 0.6) is 0 Å². The zero-order valence-corrected chi connectivity index (χ0v) is 22.2. The van der Waals surface area contributed by atoms with Crippen molar-refractivity contribution in [3.63, 3.8) is 0 Å². The normalized spacial score (nSPS) is 14.5. The van der Waals surface area contributed by atoms with E-state index >= 15 is 0 Å². The van der Waals surface area contributed by atoms with Crippen molar-refractivity contribution in [3.8, 4) is 0 Å². The minimum absolute atomic E-state index is 0.0322. The first-order valence-electron chi connectivity index (χ1n) is 11.7. The Labute approximate surface area is 212 Å². The summed E-state index contributed by atoms with van der Waals surface area (Å²) in [6.45, 7) is 7.60. The third kappa shape index (κ3) is 13.8. The summed E-state index contributed by atoms with van der Waals surface area (Å²) in [5.41, 5.74) is 16.4. The van der Waals surface area contributed by atoms with E-state index in [0.29, 0.717) is 18.6 Å². The van der Waals surface area contributed by atoms with E-state index in [1.54, 1.807) is 13.8 Å². The lowest BCUT2D eigenvalue weighted by Gasteiger charge is -2.26. The molecule has 0 saturated heterocycles. The number of nitrogens with two attached hydrogens (primary N) is 3. The van der Waals surface area contributed by atoms with Crippen molar-refractivity contribution in [2.24, 2.45) is 34.0 Å². The molecule has 0 aliphatic heterocycles. The monoisotopic (exact) mass is 517 g/mol. The van der Waals surface area contributed by atoms with Gasteiger partial charge in [-0.3, -0.25) is 19.4 Å². The standard InChI is InChI=1S/C22H43N7O5S/c1-12(2)11-16(19(31)28-15(21(33)34)7-6-9-26-22(24)25)29-18(30)14(8-10-35-5)27-20(32)17(23)13(3)4/h12-17H,6-11,23H2,1-5H3,(H,27,32)(H,28,31)(H,29,30)(H,33,34)(H4,24,25,26). The first kappa shape index (κ1) is 32.5. The van der Waals surface area contributed by atoms with Crippen molar-refractivity contribution >= 4 is 41.4 Å². The van der Waals surface area contributed by atoms with Crippen LogP contribution in [-0.4, -0.2) is 77.5 Å². The summed E-state index contributed by atoms with van der Waals surface area (Å²) in [5.74, 6) is -2.36. The van der Waals surface area contributed by atoms with Crippen molar-refractivity contribution in [1.82, 2.24) is 16.0 Å². The summed E-state index contributed by atoms with van der Waals surface area (Å²) >= 11 is 1.52. The van der Waals surface area contributed by atoms with Crippen LogP contribution in [0.1, 0.15) is 53.4 Å². The highest BCUT2D eigenvalue weighted by Crippen LogP contribution is 2.09. The Morgan fingerprint density at radius 1 is 0.886 bits per heavy atom. The molecule has 0 rings (SSSR count). The number of aliphatic imine (C=N–C) groups is 1. The van der Waals surface area contributed by atoms with Gasteiger partial charge in [-0.15, -0.1) is 0 Å². The topological polar surface area (TPSA) is 215 Å². The Balaban J connectivity index is 5.43. The van der Waals surface area contributed by atoms with Gasteiger partial charge in [0, 0.05) is 6.54 Å². The minimum Gasteiger partial charge on any atom is -0.480 e. The Bertz CT molecular complexity index is 729. The van der Waals surface area contributed by atoms with E-state index in [0.717, 1.165) is 0 Å². The van der Waals surface area contributed by atoms with Crippen LogP contribution in [0.4, 0.5) is 0 Å². The zero-order chi connectivity index (χ0) is 27.1. The number of carboxylic acid groups (broad SMARTS) is 1. The van der Waals surface area contributed by atoms with Crippen molar-refractivity contribution in [1.29, 1.82) is 0 Å². The van der Waals surface area contributed by atoms with Crippen molar-refractivity contribution in [2.75, 3.05) is 18.6 Å². The van der Waals surface area contributed by atoms with Gasteiger partial charge in [0.15, 0.2) is 5.96 Å². The summed E-state index contributed by atoms with van der Waals surface area (Å²) in [5, 5.41) is 17.4. The van der Waals surface area contributed by atoms with Gasteiger partial charge in [0.1, 0.15) is 18.1 Å². The molecule has 4 unspecified atom stereocenters. The van der Waals surface area contributed by atoms with E-state index in [4.69, 9.17) is 17.2 Å². The van der Waals surface area contributed by atoms with Gasteiger partial charge in [0.25, 0.3) is 0 Å². The third-order valence-corrected chi connectivity index (χ3v) is 5.81. The van der Waals surface area contributed by atoms with Crippen molar-refractivity contribution in [2.45, 2.75) is 77.5 Å². The number of guanidine groups is 1. The van der Waals surface area contributed by atoms with Gasteiger partial charge in [-0.2, -0.15) is 11.8 Å². The van der Waals surface area contributed by atoms with E-state index in [9.17, 15) is 24.3 Å². The SMILES string of the molecule is CSCCC(NC(=O)C(N)C(C)C)C(=O)NC(CC(C)C)C(=O)NC(CCCN=C(N)N)C(=O)O. The van der Waals surface area contributed by atoms with Crippen LogP contribution in [-0.2, 0) is 19.2 Å². The van der Waals surface area contributed by atoms with Gasteiger partial charge in [-0.05, 0) is 49.5 Å². The molecular weight excluding hydrogens is 474 g/mol. The second-order valence-electron chi connectivity index (χ2n) is 9.15. The fourth-order valence-corrected chi connectivity index (χ4v) is 3.56. The maximum absolute atomic E-state index is 13.1. The average molecular weight is 518 g/mol. The van der Waals surface area contributed by atoms with Crippen LogP contribution in [0.25, 0.3) is 0 Å². The van der Waals surface area contributed by atoms with Crippen LogP contribution < -0.4 is 33.2 Å². The number of rotatable bonds is 17. The second kappa shape index (κ2) is 17.0. The highest BCUT2D eigenvalue weighted by molar-refractivity contribution is 7.98. The first-order chi connectivity index (χ1) is 16.3. The molecule has 13 heteroatoms. The van der Waals surface area contributed by atoms with Gasteiger partial charge < -0.3 is 38.3 Å². The molecule has 0 spiro atoms. The quantitative estimate of drug-likeness (QED) is 0.0740. The Morgan fingerprint density at radius 2 is 1.43 bits per heavy atom. The number of hydrogen-bond acceptors (Lipinski definition) is 7. The van der Waals surface area contributed by atoms with Gasteiger partial charge in [0.05, 0.1) is 6.04 Å². The highest BCUT2D eigenvalue weighted by atomic mass is 32.2. The number of carbonyl (C=O) groups is 4. The van der Waals surface area contributed by atoms with E-state index in [2.05, 4.69) is 20.9 Å². The molecule has 4 atom stereocenters. The molecule has 12 nitrogen and oxygen atoms in total. The van der Waals surface area contributed by atoms with Gasteiger partial charge in [-0.25, -0.2) is 4.79 Å². The molecule has 0 aliphatic rings. The summed E-state index contributed by atoms with van der Waals surface area (Å²) < 4.78 is 0. The highest BCUT2D eigenvalue weighted by Gasteiger charge is 2.30. The van der Waals surface area contributed by atoms with Crippen LogP contribution in [0, 0.1) is 11.8 Å². The lowest BCUT2D eigenvalue weighted by molar-refractivity contribution is -0.142. The molecule has 202 valence electrons. The van der Waals surface area contributed by atoms with Crippen LogP contribution in [0.3, 0.4) is 0 Å². The Hall–Kier alpha value is -2.54. The molecule has 0 heterocycles. The van der Waals surface area contributed by atoms with E-state index in [1.165, 1.54) is 11.8 Å². The van der Waals surface area contributed by atoms with Gasteiger partial charge in [0.2, 0.25) is 17.7 Å². The fraction of sp³-hybridized carbons (Fsp3) is 0.773. The number of nitrogens with one attached hydrogen (secondary N) is 3. The van der Waals surface area contributed by atoms with Crippen LogP contribution in [0.2, 0.25) is 0 Å². The summed E-state index contributed by atoms with van der Waals surface area (Å²) in [4.78, 5) is 53.9. The Morgan fingerprint density at radius 3 is 1.91 bits per heavy atom. The van der Waals surface area contributed by atoms with E-state index in [-0.39, 0.29) is 37.2 Å². The molecule has 0 bridgehead atoms. The fourth-order valence-electron chi connectivity index (χ4n) is 3.08.